The highest BCUT2D eigenvalue weighted by Gasteiger charge is 2.19. The van der Waals surface area contributed by atoms with Crippen LogP contribution in [0.4, 0.5) is 0 Å². The van der Waals surface area contributed by atoms with Crippen molar-refractivity contribution < 1.29 is 8.42 Å². The number of hydrogen-bond acceptors (Lipinski definition) is 4. The number of rotatable bonds is 5. The van der Waals surface area contributed by atoms with E-state index in [1.807, 2.05) is 31.2 Å². The lowest BCUT2D eigenvalue weighted by atomic mass is 10.1. The Labute approximate surface area is 123 Å². The summed E-state index contributed by atoms with van der Waals surface area (Å²) in [6.45, 7) is 4.42. The van der Waals surface area contributed by atoms with E-state index in [0.717, 1.165) is 20.9 Å². The first-order valence-electron chi connectivity index (χ1n) is 6.27. The third-order valence-corrected chi connectivity index (χ3v) is 5.86. The molecule has 2 rings (SSSR count). The molecule has 0 spiro atoms. The monoisotopic (exact) mass is 310 g/mol. The summed E-state index contributed by atoms with van der Waals surface area (Å²) in [6, 6.07) is 9.37. The van der Waals surface area contributed by atoms with Crippen LogP contribution in [-0.4, -0.2) is 8.42 Å². The largest absolute Gasteiger partial charge is 0.326 e. The van der Waals surface area contributed by atoms with Crippen LogP contribution in [0.1, 0.15) is 20.9 Å². The molecule has 0 saturated heterocycles. The van der Waals surface area contributed by atoms with E-state index < -0.39 is 10.0 Å². The van der Waals surface area contributed by atoms with E-state index in [4.69, 9.17) is 5.73 Å². The van der Waals surface area contributed by atoms with Gasteiger partial charge >= 0.3 is 0 Å². The van der Waals surface area contributed by atoms with Crippen LogP contribution >= 0.6 is 11.3 Å². The van der Waals surface area contributed by atoms with Crippen molar-refractivity contribution in [3.63, 3.8) is 0 Å². The normalized spacial score (nSPS) is 11.8. The standard InChI is InChI=1S/C14H18N2O2S2/c1-10-5-3-4-6-12(10)9-16-20(17,18)14-7-13(8-15)19-11(14)2/h3-7,16H,8-9,15H2,1-2H3. The Morgan fingerprint density at radius 1 is 1.25 bits per heavy atom. The maximum atomic E-state index is 12.3. The third kappa shape index (κ3) is 3.27. The number of thiophene rings is 1. The van der Waals surface area contributed by atoms with Gasteiger partial charge in [-0.2, -0.15) is 0 Å². The van der Waals surface area contributed by atoms with E-state index in [1.54, 1.807) is 13.0 Å². The number of hydrogen-bond donors (Lipinski definition) is 2. The van der Waals surface area contributed by atoms with Crippen LogP contribution in [0.3, 0.4) is 0 Å². The van der Waals surface area contributed by atoms with E-state index in [9.17, 15) is 8.42 Å². The summed E-state index contributed by atoms with van der Waals surface area (Å²) in [7, 11) is -3.49. The zero-order valence-electron chi connectivity index (χ0n) is 11.5. The van der Waals surface area contributed by atoms with Crippen LogP contribution in [-0.2, 0) is 23.1 Å². The molecule has 4 nitrogen and oxygen atoms in total. The van der Waals surface area contributed by atoms with Crippen LogP contribution in [0, 0.1) is 13.8 Å². The fourth-order valence-corrected chi connectivity index (χ4v) is 4.47. The van der Waals surface area contributed by atoms with Gasteiger partial charge in [-0.3, -0.25) is 0 Å². The minimum Gasteiger partial charge on any atom is -0.326 e. The molecule has 0 saturated carbocycles. The highest BCUT2D eigenvalue weighted by molar-refractivity contribution is 7.89. The van der Waals surface area contributed by atoms with Gasteiger partial charge in [-0.05, 0) is 31.0 Å². The molecular formula is C14H18N2O2S2. The van der Waals surface area contributed by atoms with Crippen LogP contribution in [0.2, 0.25) is 0 Å². The molecule has 1 heterocycles. The summed E-state index contributed by atoms with van der Waals surface area (Å²) < 4.78 is 27.3. The van der Waals surface area contributed by atoms with Gasteiger partial charge in [-0.15, -0.1) is 11.3 Å². The summed E-state index contributed by atoms with van der Waals surface area (Å²) >= 11 is 1.42. The Balaban J connectivity index is 2.19. The van der Waals surface area contributed by atoms with E-state index >= 15 is 0 Å². The average Bonchev–Trinajstić information content (AvgIpc) is 2.80. The van der Waals surface area contributed by atoms with Crippen LogP contribution in [0.25, 0.3) is 0 Å². The van der Waals surface area contributed by atoms with Crippen LogP contribution < -0.4 is 10.5 Å². The summed E-state index contributed by atoms with van der Waals surface area (Å²) in [5, 5.41) is 0. The second-order valence-corrected chi connectivity index (χ2v) is 7.66. The molecule has 3 N–H and O–H groups in total. The number of benzene rings is 1. The molecule has 0 amide bonds. The molecule has 6 heteroatoms. The van der Waals surface area contributed by atoms with Gasteiger partial charge < -0.3 is 5.73 Å². The lowest BCUT2D eigenvalue weighted by Gasteiger charge is -2.08. The van der Waals surface area contributed by atoms with Crippen molar-refractivity contribution in [3.8, 4) is 0 Å². The van der Waals surface area contributed by atoms with E-state index in [1.165, 1.54) is 11.3 Å². The molecule has 108 valence electrons. The number of aryl methyl sites for hydroxylation is 2. The predicted octanol–water partition coefficient (Wildman–Crippen LogP) is 2.30. The van der Waals surface area contributed by atoms with Crippen molar-refractivity contribution in [2.24, 2.45) is 5.73 Å². The Hall–Kier alpha value is -1.21. The van der Waals surface area contributed by atoms with Gasteiger partial charge in [0.2, 0.25) is 10.0 Å². The summed E-state index contributed by atoms with van der Waals surface area (Å²) in [5.41, 5.74) is 7.60. The number of sulfonamides is 1. The van der Waals surface area contributed by atoms with E-state index in [2.05, 4.69) is 4.72 Å². The molecule has 0 unspecified atom stereocenters. The Bertz CT molecular complexity index is 706. The second kappa shape index (κ2) is 6.05. The highest BCUT2D eigenvalue weighted by atomic mass is 32.2. The molecule has 0 aliphatic rings. The maximum absolute atomic E-state index is 12.3. The molecule has 20 heavy (non-hydrogen) atoms. The molecule has 0 fully saturated rings. The summed E-state index contributed by atoms with van der Waals surface area (Å²) in [5.74, 6) is 0. The van der Waals surface area contributed by atoms with Gasteiger partial charge in [0, 0.05) is 22.8 Å². The zero-order valence-corrected chi connectivity index (χ0v) is 13.1. The smallest absolute Gasteiger partial charge is 0.241 e. The predicted molar refractivity (Wildman–Crippen MR) is 82.2 cm³/mol. The molecule has 1 aromatic heterocycles. The first-order valence-corrected chi connectivity index (χ1v) is 8.57. The SMILES string of the molecule is Cc1ccccc1CNS(=O)(=O)c1cc(CN)sc1C. The zero-order chi connectivity index (χ0) is 14.8. The second-order valence-electron chi connectivity index (χ2n) is 4.59. The number of nitrogens with one attached hydrogen (secondary N) is 1. The van der Waals surface area contributed by atoms with Crippen molar-refractivity contribution in [2.45, 2.75) is 31.8 Å². The van der Waals surface area contributed by atoms with Gasteiger partial charge in [-0.25, -0.2) is 13.1 Å². The Kier molecular flexibility index (Phi) is 4.59. The molecule has 0 aliphatic carbocycles. The molecule has 0 atom stereocenters. The fraction of sp³-hybridized carbons (Fsp3) is 0.286. The minimum atomic E-state index is -3.49. The van der Waals surface area contributed by atoms with Gasteiger partial charge in [0.25, 0.3) is 0 Å². The molecule has 0 radical (unpaired) electrons. The summed E-state index contributed by atoms with van der Waals surface area (Å²) in [4.78, 5) is 1.97. The van der Waals surface area contributed by atoms with Crippen molar-refractivity contribution >= 4 is 21.4 Å². The average molecular weight is 310 g/mol. The lowest BCUT2D eigenvalue weighted by molar-refractivity contribution is 0.581. The van der Waals surface area contributed by atoms with Gasteiger partial charge in [0.05, 0.1) is 4.90 Å². The van der Waals surface area contributed by atoms with Crippen LogP contribution in [0.5, 0.6) is 0 Å². The van der Waals surface area contributed by atoms with Crippen LogP contribution in [0.15, 0.2) is 35.2 Å². The van der Waals surface area contributed by atoms with Gasteiger partial charge in [0.1, 0.15) is 0 Å². The lowest BCUT2D eigenvalue weighted by Crippen LogP contribution is -2.23. The fourth-order valence-electron chi connectivity index (χ4n) is 1.95. The molecule has 0 aliphatic heterocycles. The Morgan fingerprint density at radius 3 is 2.55 bits per heavy atom. The van der Waals surface area contributed by atoms with Crippen molar-refractivity contribution in [3.05, 3.63) is 51.2 Å². The topological polar surface area (TPSA) is 72.2 Å². The number of nitrogens with two attached hydrogens (primary N) is 1. The third-order valence-electron chi connectivity index (χ3n) is 3.13. The molecule has 1 aromatic carbocycles. The Morgan fingerprint density at radius 2 is 1.95 bits per heavy atom. The van der Waals surface area contributed by atoms with E-state index in [-0.39, 0.29) is 0 Å². The minimum absolute atomic E-state index is 0.294. The highest BCUT2D eigenvalue weighted by Crippen LogP contribution is 2.25. The van der Waals surface area contributed by atoms with Gasteiger partial charge in [0.15, 0.2) is 0 Å². The summed E-state index contributed by atoms with van der Waals surface area (Å²) in [6.07, 6.45) is 0. The first-order chi connectivity index (χ1) is 9.44. The molecule has 2 aromatic rings. The maximum Gasteiger partial charge on any atom is 0.241 e. The molecule has 0 bridgehead atoms. The quantitative estimate of drug-likeness (QED) is 0.890. The van der Waals surface area contributed by atoms with Crippen molar-refractivity contribution in [1.82, 2.24) is 4.72 Å². The van der Waals surface area contributed by atoms with Crippen molar-refractivity contribution in [1.29, 1.82) is 0 Å². The molecular weight excluding hydrogens is 292 g/mol. The van der Waals surface area contributed by atoms with Crippen molar-refractivity contribution in [2.75, 3.05) is 0 Å². The van der Waals surface area contributed by atoms with E-state index in [0.29, 0.717) is 18.0 Å². The van der Waals surface area contributed by atoms with Gasteiger partial charge in [-0.1, -0.05) is 24.3 Å². The first kappa shape index (κ1) is 15.2.